The zero-order chi connectivity index (χ0) is 10.6. The Kier molecular flexibility index (Phi) is 4.35. The lowest BCUT2D eigenvalue weighted by Crippen LogP contribution is -2.41. The molecule has 0 aromatic heterocycles. The van der Waals surface area contributed by atoms with Crippen LogP contribution in [0.3, 0.4) is 0 Å². The Morgan fingerprint density at radius 1 is 1.71 bits per heavy atom. The second-order valence-corrected chi connectivity index (χ2v) is 4.04. The summed E-state index contributed by atoms with van der Waals surface area (Å²) in [5, 5.41) is 11.9. The first-order valence-corrected chi connectivity index (χ1v) is 5.27. The molecule has 82 valence electrons. The number of amides is 1. The van der Waals surface area contributed by atoms with E-state index in [1.165, 1.54) is 0 Å². The molecule has 2 atom stereocenters. The minimum absolute atomic E-state index is 0.00435. The molecule has 0 radical (unpaired) electrons. The summed E-state index contributed by atoms with van der Waals surface area (Å²) in [5.41, 5.74) is 0. The number of likely N-dealkylation sites (tertiary alicyclic amines) is 1. The lowest BCUT2D eigenvalue weighted by Gasteiger charge is -2.17. The predicted octanol–water partition coefficient (Wildman–Crippen LogP) is -0.175. The van der Waals surface area contributed by atoms with Crippen molar-refractivity contribution < 1.29 is 9.90 Å². The highest BCUT2D eigenvalue weighted by Crippen LogP contribution is 2.08. The number of rotatable bonds is 4. The van der Waals surface area contributed by atoms with Crippen LogP contribution in [0.1, 0.15) is 19.8 Å². The van der Waals surface area contributed by atoms with Crippen molar-refractivity contribution in [1.82, 2.24) is 10.2 Å². The summed E-state index contributed by atoms with van der Waals surface area (Å²) in [6.07, 6.45) is 1.72. The summed E-state index contributed by atoms with van der Waals surface area (Å²) in [4.78, 5) is 13.8. The average molecular weight is 200 g/mol. The Bertz CT molecular complexity index is 193. The van der Waals surface area contributed by atoms with Crippen molar-refractivity contribution in [1.29, 1.82) is 0 Å². The molecule has 1 rings (SSSR count). The normalized spacial score (nSPS) is 24.9. The van der Waals surface area contributed by atoms with Crippen LogP contribution in [0.15, 0.2) is 0 Å². The number of aliphatic hydroxyl groups is 1. The van der Waals surface area contributed by atoms with E-state index in [-0.39, 0.29) is 24.5 Å². The van der Waals surface area contributed by atoms with Gasteiger partial charge in [0.1, 0.15) is 0 Å². The number of hydrogen-bond donors (Lipinski definition) is 2. The van der Waals surface area contributed by atoms with Crippen molar-refractivity contribution in [3.05, 3.63) is 0 Å². The smallest absolute Gasteiger partial charge is 0.225 e. The third kappa shape index (κ3) is 2.96. The van der Waals surface area contributed by atoms with Gasteiger partial charge >= 0.3 is 0 Å². The number of nitrogens with zero attached hydrogens (tertiary/aromatic N) is 1. The zero-order valence-electron chi connectivity index (χ0n) is 8.99. The molecule has 0 saturated carbocycles. The Hall–Kier alpha value is -0.610. The van der Waals surface area contributed by atoms with E-state index >= 15 is 0 Å². The van der Waals surface area contributed by atoms with E-state index < -0.39 is 0 Å². The number of aliphatic hydroxyl groups excluding tert-OH is 1. The van der Waals surface area contributed by atoms with Crippen molar-refractivity contribution in [2.75, 3.05) is 26.7 Å². The third-order valence-electron chi connectivity index (χ3n) is 2.82. The van der Waals surface area contributed by atoms with E-state index in [0.29, 0.717) is 6.42 Å². The van der Waals surface area contributed by atoms with Crippen LogP contribution in [0.5, 0.6) is 0 Å². The summed E-state index contributed by atoms with van der Waals surface area (Å²) < 4.78 is 0. The molecule has 2 unspecified atom stereocenters. The molecule has 1 aliphatic heterocycles. The van der Waals surface area contributed by atoms with E-state index in [4.69, 9.17) is 5.11 Å². The van der Waals surface area contributed by atoms with Gasteiger partial charge in [0, 0.05) is 12.6 Å². The minimum atomic E-state index is -0.235. The monoisotopic (exact) mass is 200 g/mol. The van der Waals surface area contributed by atoms with Crippen molar-refractivity contribution in [3.63, 3.8) is 0 Å². The summed E-state index contributed by atoms with van der Waals surface area (Å²) >= 11 is 0. The molecule has 1 fully saturated rings. The fourth-order valence-corrected chi connectivity index (χ4v) is 1.77. The first-order valence-electron chi connectivity index (χ1n) is 5.27. The zero-order valence-corrected chi connectivity index (χ0v) is 8.99. The highest BCUT2D eigenvalue weighted by molar-refractivity contribution is 5.79. The van der Waals surface area contributed by atoms with Gasteiger partial charge in [-0.05, 0) is 26.4 Å². The van der Waals surface area contributed by atoms with Crippen LogP contribution in [0.25, 0.3) is 0 Å². The molecule has 1 heterocycles. The van der Waals surface area contributed by atoms with Crippen molar-refractivity contribution >= 4 is 5.91 Å². The first kappa shape index (κ1) is 11.5. The predicted molar refractivity (Wildman–Crippen MR) is 54.9 cm³/mol. The van der Waals surface area contributed by atoms with Gasteiger partial charge in [-0.25, -0.2) is 0 Å². The lowest BCUT2D eigenvalue weighted by molar-refractivity contribution is -0.126. The lowest BCUT2D eigenvalue weighted by atomic mass is 10.1. The van der Waals surface area contributed by atoms with Gasteiger partial charge in [-0.3, -0.25) is 4.79 Å². The Morgan fingerprint density at radius 3 is 2.86 bits per heavy atom. The molecule has 0 aliphatic carbocycles. The third-order valence-corrected chi connectivity index (χ3v) is 2.82. The molecule has 2 N–H and O–H groups in total. The van der Waals surface area contributed by atoms with Gasteiger partial charge < -0.3 is 15.3 Å². The maximum atomic E-state index is 11.6. The number of likely N-dealkylation sites (N-methyl/N-ethyl adjacent to an activating group) is 1. The molecule has 4 heteroatoms. The molecule has 0 aromatic rings. The molecule has 4 nitrogen and oxygen atoms in total. The molecule has 1 aliphatic rings. The van der Waals surface area contributed by atoms with Gasteiger partial charge in [0.15, 0.2) is 0 Å². The maximum Gasteiger partial charge on any atom is 0.225 e. The van der Waals surface area contributed by atoms with Gasteiger partial charge in [-0.2, -0.15) is 0 Å². The van der Waals surface area contributed by atoms with Crippen LogP contribution >= 0.6 is 0 Å². The average Bonchev–Trinajstić information content (AvgIpc) is 2.53. The second-order valence-electron chi connectivity index (χ2n) is 4.04. The van der Waals surface area contributed by atoms with Crippen molar-refractivity contribution in [2.45, 2.75) is 25.8 Å². The topological polar surface area (TPSA) is 52.6 Å². The van der Waals surface area contributed by atoms with Gasteiger partial charge in [-0.1, -0.05) is 6.92 Å². The summed E-state index contributed by atoms with van der Waals surface area (Å²) in [7, 11) is 2.05. The van der Waals surface area contributed by atoms with Crippen LogP contribution in [0, 0.1) is 5.92 Å². The van der Waals surface area contributed by atoms with Gasteiger partial charge in [0.2, 0.25) is 5.91 Å². The van der Waals surface area contributed by atoms with E-state index in [1.807, 2.05) is 6.92 Å². The summed E-state index contributed by atoms with van der Waals surface area (Å²) in [6, 6.07) is 0.271. The number of carbonyl (C=O) groups excluding carboxylic acids is 1. The Morgan fingerprint density at radius 2 is 2.43 bits per heavy atom. The minimum Gasteiger partial charge on any atom is -0.396 e. The second kappa shape index (κ2) is 5.32. The van der Waals surface area contributed by atoms with Crippen LogP contribution in [-0.4, -0.2) is 48.7 Å². The fourth-order valence-electron chi connectivity index (χ4n) is 1.77. The largest absolute Gasteiger partial charge is 0.396 e. The van der Waals surface area contributed by atoms with Crippen molar-refractivity contribution in [3.8, 4) is 0 Å². The van der Waals surface area contributed by atoms with Crippen LogP contribution in [0.4, 0.5) is 0 Å². The molecular formula is C10H20N2O2. The highest BCUT2D eigenvalue weighted by Gasteiger charge is 2.23. The number of carbonyl (C=O) groups is 1. The Balaban J connectivity index is 2.32. The first-order chi connectivity index (χ1) is 6.67. The van der Waals surface area contributed by atoms with E-state index in [1.54, 1.807) is 0 Å². The van der Waals surface area contributed by atoms with Gasteiger partial charge in [0.05, 0.1) is 12.5 Å². The molecule has 1 amide bonds. The Labute approximate surface area is 85.3 Å². The highest BCUT2D eigenvalue weighted by atomic mass is 16.3. The standard InChI is InChI=1S/C10H20N2O2/c1-3-8(7-13)10(14)11-9-4-5-12(2)6-9/h8-9,13H,3-7H2,1-2H3,(H,11,14). The van der Waals surface area contributed by atoms with E-state index in [2.05, 4.69) is 17.3 Å². The maximum absolute atomic E-state index is 11.6. The fraction of sp³-hybridized carbons (Fsp3) is 0.900. The van der Waals surface area contributed by atoms with Crippen molar-refractivity contribution in [2.24, 2.45) is 5.92 Å². The van der Waals surface area contributed by atoms with E-state index in [9.17, 15) is 4.79 Å². The number of nitrogens with one attached hydrogen (secondary N) is 1. The molecular weight excluding hydrogens is 180 g/mol. The van der Waals surface area contributed by atoms with Crippen LogP contribution in [0.2, 0.25) is 0 Å². The SMILES string of the molecule is CCC(CO)C(=O)NC1CCN(C)C1. The molecule has 0 bridgehead atoms. The summed E-state index contributed by atoms with van der Waals surface area (Å²) in [6.45, 7) is 3.83. The molecule has 0 aromatic carbocycles. The molecule has 14 heavy (non-hydrogen) atoms. The quantitative estimate of drug-likeness (QED) is 0.662. The van der Waals surface area contributed by atoms with E-state index in [0.717, 1.165) is 19.5 Å². The molecule has 0 spiro atoms. The van der Waals surface area contributed by atoms with Gasteiger partial charge in [0.25, 0.3) is 0 Å². The summed E-state index contributed by atoms with van der Waals surface area (Å²) in [5.74, 6) is -0.240. The van der Waals surface area contributed by atoms with Crippen LogP contribution in [-0.2, 0) is 4.79 Å². The molecule has 1 saturated heterocycles. The van der Waals surface area contributed by atoms with Gasteiger partial charge in [-0.15, -0.1) is 0 Å². The van der Waals surface area contributed by atoms with Crippen LogP contribution < -0.4 is 5.32 Å². The number of hydrogen-bond acceptors (Lipinski definition) is 3.